The van der Waals surface area contributed by atoms with E-state index in [1.807, 2.05) is 6.07 Å². The summed E-state index contributed by atoms with van der Waals surface area (Å²) in [5.74, 6) is 0.183. The van der Waals surface area contributed by atoms with Crippen molar-refractivity contribution in [3.05, 3.63) is 35.9 Å². The van der Waals surface area contributed by atoms with Gasteiger partial charge in [0.2, 0.25) is 5.91 Å². The van der Waals surface area contributed by atoms with Gasteiger partial charge in [0.25, 0.3) is 0 Å². The van der Waals surface area contributed by atoms with E-state index < -0.39 is 0 Å². The van der Waals surface area contributed by atoms with Gasteiger partial charge in [0.1, 0.15) is 0 Å². The summed E-state index contributed by atoms with van der Waals surface area (Å²) >= 11 is 0. The molecule has 1 atom stereocenters. The minimum Gasteiger partial charge on any atom is -0.355 e. The number of carbonyl (C=O) groups is 1. The van der Waals surface area contributed by atoms with E-state index in [0.717, 1.165) is 45.3 Å². The van der Waals surface area contributed by atoms with Crippen LogP contribution in [-0.2, 0) is 11.3 Å². The maximum atomic E-state index is 12.4. The molecule has 1 heterocycles. The zero-order valence-corrected chi connectivity index (χ0v) is 12.8. The zero-order valence-electron chi connectivity index (χ0n) is 12.8. The Hall–Kier alpha value is -1.39. The van der Waals surface area contributed by atoms with Gasteiger partial charge in [-0.15, -0.1) is 0 Å². The fraction of sp³-hybridized carbons (Fsp3) is 0.588. The number of piperidine rings is 1. The molecule has 3 N–H and O–H groups in total. The Morgan fingerprint density at radius 3 is 2.81 bits per heavy atom. The van der Waals surface area contributed by atoms with Gasteiger partial charge in [0.05, 0.1) is 6.04 Å². The van der Waals surface area contributed by atoms with E-state index in [0.29, 0.717) is 6.54 Å². The van der Waals surface area contributed by atoms with Crippen molar-refractivity contribution in [2.45, 2.75) is 44.7 Å². The van der Waals surface area contributed by atoms with Gasteiger partial charge in [-0.2, -0.15) is 0 Å². The highest BCUT2D eigenvalue weighted by Crippen LogP contribution is 2.19. The topological polar surface area (TPSA) is 58.4 Å². The molecule has 0 saturated carbocycles. The molecule has 1 amide bonds. The SMILES string of the molecule is NCCCCNC(=O)C1CCCCN1Cc1ccccc1. The Morgan fingerprint density at radius 1 is 1.24 bits per heavy atom. The Labute approximate surface area is 127 Å². The van der Waals surface area contributed by atoms with Crippen LogP contribution in [0.4, 0.5) is 0 Å². The van der Waals surface area contributed by atoms with Crippen LogP contribution in [0.3, 0.4) is 0 Å². The highest BCUT2D eigenvalue weighted by atomic mass is 16.2. The maximum absolute atomic E-state index is 12.4. The molecule has 0 aromatic heterocycles. The number of hydrogen-bond acceptors (Lipinski definition) is 3. The van der Waals surface area contributed by atoms with Crippen molar-refractivity contribution in [2.75, 3.05) is 19.6 Å². The number of likely N-dealkylation sites (tertiary alicyclic amines) is 1. The summed E-state index contributed by atoms with van der Waals surface area (Å²) in [6.07, 6.45) is 5.23. The zero-order chi connectivity index (χ0) is 14.9. The van der Waals surface area contributed by atoms with Crippen molar-refractivity contribution in [3.8, 4) is 0 Å². The van der Waals surface area contributed by atoms with Crippen LogP contribution in [0, 0.1) is 0 Å². The third-order valence-corrected chi connectivity index (χ3v) is 4.07. The van der Waals surface area contributed by atoms with Gasteiger partial charge in [-0.1, -0.05) is 36.8 Å². The van der Waals surface area contributed by atoms with Crippen molar-refractivity contribution >= 4 is 5.91 Å². The predicted octanol–water partition coefficient (Wildman–Crippen LogP) is 1.90. The Balaban J connectivity index is 1.87. The summed E-state index contributed by atoms with van der Waals surface area (Å²) in [6.45, 7) is 3.31. The second-order valence-corrected chi connectivity index (χ2v) is 5.75. The van der Waals surface area contributed by atoms with E-state index in [-0.39, 0.29) is 11.9 Å². The van der Waals surface area contributed by atoms with Crippen LogP contribution in [-0.4, -0.2) is 36.5 Å². The first-order chi connectivity index (χ1) is 10.3. The number of amides is 1. The Morgan fingerprint density at radius 2 is 2.05 bits per heavy atom. The molecule has 0 radical (unpaired) electrons. The Bertz CT molecular complexity index is 421. The molecule has 1 fully saturated rings. The minimum absolute atomic E-state index is 0.0248. The number of nitrogens with one attached hydrogen (secondary N) is 1. The predicted molar refractivity (Wildman–Crippen MR) is 85.8 cm³/mol. The lowest BCUT2D eigenvalue weighted by Crippen LogP contribution is -2.49. The monoisotopic (exact) mass is 289 g/mol. The van der Waals surface area contributed by atoms with Crippen LogP contribution in [0.1, 0.15) is 37.7 Å². The molecule has 0 aliphatic carbocycles. The maximum Gasteiger partial charge on any atom is 0.237 e. The van der Waals surface area contributed by atoms with Crippen molar-refractivity contribution in [2.24, 2.45) is 5.73 Å². The second-order valence-electron chi connectivity index (χ2n) is 5.75. The molecule has 116 valence electrons. The smallest absolute Gasteiger partial charge is 0.237 e. The standard InChI is InChI=1S/C17H27N3O/c18-11-5-6-12-19-17(21)16-10-4-7-13-20(16)14-15-8-2-1-3-9-15/h1-3,8-9,16H,4-7,10-14,18H2,(H,19,21). The molecule has 1 aromatic rings. The van der Waals surface area contributed by atoms with E-state index in [2.05, 4.69) is 34.5 Å². The first kappa shape index (κ1) is 16.0. The lowest BCUT2D eigenvalue weighted by Gasteiger charge is -2.34. The summed E-state index contributed by atoms with van der Waals surface area (Å²) in [6, 6.07) is 10.4. The number of rotatable bonds is 7. The molecule has 2 rings (SSSR count). The third kappa shape index (κ3) is 5.14. The van der Waals surface area contributed by atoms with Crippen LogP contribution in [0.25, 0.3) is 0 Å². The summed E-state index contributed by atoms with van der Waals surface area (Å²) in [5.41, 5.74) is 6.75. The molecule has 4 heteroatoms. The fourth-order valence-corrected chi connectivity index (χ4v) is 2.89. The van der Waals surface area contributed by atoms with Gasteiger partial charge >= 0.3 is 0 Å². The molecular weight excluding hydrogens is 262 g/mol. The molecule has 4 nitrogen and oxygen atoms in total. The molecule has 1 aliphatic heterocycles. The van der Waals surface area contributed by atoms with Crippen LogP contribution in [0.15, 0.2) is 30.3 Å². The van der Waals surface area contributed by atoms with Crippen molar-refractivity contribution in [3.63, 3.8) is 0 Å². The van der Waals surface area contributed by atoms with Gasteiger partial charge in [0, 0.05) is 13.1 Å². The summed E-state index contributed by atoms with van der Waals surface area (Å²) < 4.78 is 0. The molecule has 1 saturated heterocycles. The van der Waals surface area contributed by atoms with Crippen LogP contribution in [0.2, 0.25) is 0 Å². The van der Waals surface area contributed by atoms with Crippen LogP contribution >= 0.6 is 0 Å². The number of unbranched alkanes of at least 4 members (excludes halogenated alkanes) is 1. The van der Waals surface area contributed by atoms with Gasteiger partial charge < -0.3 is 11.1 Å². The Kier molecular flexibility index (Phi) is 6.70. The number of nitrogens with two attached hydrogens (primary N) is 1. The number of carbonyl (C=O) groups excluding carboxylic acids is 1. The van der Waals surface area contributed by atoms with E-state index in [1.165, 1.54) is 12.0 Å². The minimum atomic E-state index is 0.0248. The highest BCUT2D eigenvalue weighted by Gasteiger charge is 2.28. The summed E-state index contributed by atoms with van der Waals surface area (Å²) in [5, 5.41) is 3.07. The quantitative estimate of drug-likeness (QED) is 0.754. The van der Waals surface area contributed by atoms with E-state index in [9.17, 15) is 4.79 Å². The van der Waals surface area contributed by atoms with Crippen molar-refractivity contribution in [1.82, 2.24) is 10.2 Å². The van der Waals surface area contributed by atoms with Crippen molar-refractivity contribution < 1.29 is 4.79 Å². The number of hydrogen-bond donors (Lipinski definition) is 2. The van der Waals surface area contributed by atoms with Crippen molar-refractivity contribution in [1.29, 1.82) is 0 Å². The highest BCUT2D eigenvalue weighted by molar-refractivity contribution is 5.81. The van der Waals surface area contributed by atoms with Gasteiger partial charge in [-0.3, -0.25) is 9.69 Å². The van der Waals surface area contributed by atoms with Gasteiger partial charge in [-0.05, 0) is 44.3 Å². The normalized spacial score (nSPS) is 19.4. The fourth-order valence-electron chi connectivity index (χ4n) is 2.89. The molecule has 1 aromatic carbocycles. The van der Waals surface area contributed by atoms with Gasteiger partial charge in [0.15, 0.2) is 0 Å². The second kappa shape index (κ2) is 8.80. The van der Waals surface area contributed by atoms with E-state index in [1.54, 1.807) is 0 Å². The average molecular weight is 289 g/mol. The van der Waals surface area contributed by atoms with Gasteiger partial charge in [-0.25, -0.2) is 0 Å². The van der Waals surface area contributed by atoms with Crippen LogP contribution < -0.4 is 11.1 Å². The van der Waals surface area contributed by atoms with E-state index in [4.69, 9.17) is 5.73 Å². The number of nitrogens with zero attached hydrogens (tertiary/aromatic N) is 1. The number of benzene rings is 1. The van der Waals surface area contributed by atoms with Crippen LogP contribution in [0.5, 0.6) is 0 Å². The first-order valence-corrected chi connectivity index (χ1v) is 8.07. The largest absolute Gasteiger partial charge is 0.355 e. The third-order valence-electron chi connectivity index (χ3n) is 4.07. The molecule has 21 heavy (non-hydrogen) atoms. The molecule has 1 unspecified atom stereocenters. The lowest BCUT2D eigenvalue weighted by atomic mass is 10.0. The summed E-state index contributed by atoms with van der Waals surface area (Å²) in [7, 11) is 0. The lowest BCUT2D eigenvalue weighted by molar-refractivity contribution is -0.127. The average Bonchev–Trinajstić information content (AvgIpc) is 2.53. The first-order valence-electron chi connectivity index (χ1n) is 8.07. The summed E-state index contributed by atoms with van der Waals surface area (Å²) in [4.78, 5) is 14.7. The molecule has 0 bridgehead atoms. The van der Waals surface area contributed by atoms with E-state index >= 15 is 0 Å². The molecule has 1 aliphatic rings. The molecule has 0 spiro atoms. The molecular formula is C17H27N3O.